The number of H-pyrrole nitrogens is 2. The molecule has 9 N–H and O–H groups in total. The van der Waals surface area contributed by atoms with E-state index < -0.39 is 135 Å². The molecule has 0 radical (unpaired) electrons. The summed E-state index contributed by atoms with van der Waals surface area (Å²) >= 11 is 13.6. The Morgan fingerprint density at radius 1 is 0.704 bits per heavy atom. The normalized spacial score (nSPS) is 26.3. The minimum atomic E-state index is -4.75. The average molecular weight is 1220 g/mol. The maximum Gasteiger partial charge on any atom is 0.459 e. The number of aliphatic hydroxyl groups is 2. The number of rotatable bonds is 24. The lowest BCUT2D eigenvalue weighted by Crippen LogP contribution is -2.46. The van der Waals surface area contributed by atoms with Gasteiger partial charge in [0.2, 0.25) is 11.9 Å². The first-order valence-electron chi connectivity index (χ1n) is 25.1. The number of benzene rings is 2. The van der Waals surface area contributed by atoms with Crippen LogP contribution in [0.1, 0.15) is 60.9 Å². The van der Waals surface area contributed by atoms with Crippen LogP contribution in [-0.2, 0) is 46.7 Å². The Hall–Kier alpha value is -6.00. The molecule has 0 bridgehead atoms. The second-order valence-electron chi connectivity index (χ2n) is 19.5. The highest BCUT2D eigenvalue weighted by Crippen LogP contribution is 2.53. The number of carbonyl (C=O) groups excluding carboxylic acids is 2. The minimum Gasteiger partial charge on any atom is -0.462 e. The van der Waals surface area contributed by atoms with Gasteiger partial charge in [-0.2, -0.15) is 20.1 Å². The zero-order valence-electron chi connectivity index (χ0n) is 44.3. The number of fused-ring (bicyclic) bond motifs is 2. The molecule has 0 aliphatic carbocycles. The molecule has 0 saturated carbocycles. The SMILES string of the molecule is CC(C)OC(=O)[C@H](C)NP(=O)(Oc1ccccc1)O[C@H](C)[C@H]1O[C@@H](n2ccc3c(=O)[nH]c(NC(C)OC(=O)[C@H](C)N[P@@](=O)(Oc4ccccc4)O[C@H](C)[C@H]4O[C@@H](n5ccc6c(=O)[nH]c(N)nc65)[C@@](Cl)(CF)C4O)nc32)[C@@](Cl)(CF)C1O. The highest BCUT2D eigenvalue weighted by Gasteiger charge is 2.61. The maximum atomic E-state index is 15.2. The molecular weight excluding hydrogens is 1160 g/mol. The van der Waals surface area contributed by atoms with E-state index in [9.17, 15) is 42.9 Å². The van der Waals surface area contributed by atoms with Crippen LogP contribution >= 0.6 is 38.7 Å². The Morgan fingerprint density at radius 2 is 1.12 bits per heavy atom. The fourth-order valence-corrected chi connectivity index (χ4v) is 13.0. The lowest BCUT2D eigenvalue weighted by molar-refractivity contribution is -0.149. The third kappa shape index (κ3) is 13.0. The van der Waals surface area contributed by atoms with Gasteiger partial charge in [0.25, 0.3) is 11.1 Å². The van der Waals surface area contributed by atoms with E-state index in [0.29, 0.717) is 0 Å². The zero-order chi connectivity index (χ0) is 58.9. The molecule has 8 rings (SSSR count). The van der Waals surface area contributed by atoms with Crippen molar-refractivity contribution in [2.24, 2.45) is 0 Å². The number of esters is 2. The van der Waals surface area contributed by atoms with Crippen LogP contribution in [0.4, 0.5) is 20.7 Å². The molecule has 0 amide bonds. The van der Waals surface area contributed by atoms with E-state index in [2.05, 4.69) is 35.4 Å². The Bertz CT molecular complexity index is 3440. The van der Waals surface area contributed by atoms with Crippen molar-refractivity contribution >= 4 is 84.6 Å². The number of nitrogens with two attached hydrogens (primary N) is 1. The fraction of sp³-hybridized carbons (Fsp3) is 0.469. The van der Waals surface area contributed by atoms with Gasteiger partial charge in [-0.3, -0.25) is 38.2 Å². The largest absolute Gasteiger partial charge is 0.462 e. The molecule has 6 aromatic rings. The van der Waals surface area contributed by atoms with Crippen molar-refractivity contribution in [3.63, 3.8) is 0 Å². The Labute approximate surface area is 470 Å². The molecule has 4 aromatic heterocycles. The second-order valence-corrected chi connectivity index (χ2v) is 24.2. The molecule has 26 nitrogen and oxygen atoms in total. The number of aromatic nitrogens is 6. The predicted molar refractivity (Wildman–Crippen MR) is 290 cm³/mol. The molecule has 2 aromatic carbocycles. The van der Waals surface area contributed by atoms with Crippen molar-refractivity contribution < 1.29 is 74.8 Å². The van der Waals surface area contributed by atoms with E-state index in [1.54, 1.807) is 50.2 Å². The second kappa shape index (κ2) is 24.4. The topological polar surface area (TPSA) is 346 Å². The van der Waals surface area contributed by atoms with Gasteiger partial charge in [0.15, 0.2) is 30.0 Å². The van der Waals surface area contributed by atoms with Gasteiger partial charge in [-0.25, -0.2) is 17.9 Å². The molecule has 2 saturated heterocycles. The monoisotopic (exact) mass is 1210 g/mol. The average Bonchev–Trinajstić information content (AvgIpc) is 4.29. The van der Waals surface area contributed by atoms with Crippen molar-refractivity contribution in [3.8, 4) is 11.5 Å². The number of aliphatic hydroxyl groups excluding tert-OH is 2. The first-order valence-corrected chi connectivity index (χ1v) is 29.0. The van der Waals surface area contributed by atoms with E-state index in [0.717, 1.165) is 0 Å². The summed E-state index contributed by atoms with van der Waals surface area (Å²) in [5.41, 5.74) is 4.25. The molecule has 32 heteroatoms. The van der Waals surface area contributed by atoms with E-state index in [-0.39, 0.29) is 45.5 Å². The van der Waals surface area contributed by atoms with Crippen LogP contribution in [0.15, 0.2) is 94.8 Å². The van der Waals surface area contributed by atoms with Gasteiger partial charge in [-0.1, -0.05) is 36.4 Å². The molecule has 4 unspecified atom stereocenters. The van der Waals surface area contributed by atoms with Gasteiger partial charge in [0.1, 0.15) is 71.1 Å². The lowest BCUT2D eigenvalue weighted by Gasteiger charge is -2.30. The van der Waals surface area contributed by atoms with Crippen LogP contribution in [-0.4, -0.2) is 135 Å². The van der Waals surface area contributed by atoms with E-state index >= 15 is 4.39 Å². The molecule has 6 heterocycles. The first-order chi connectivity index (χ1) is 38.2. The van der Waals surface area contributed by atoms with Gasteiger partial charge >= 0.3 is 27.4 Å². The zero-order valence-corrected chi connectivity index (χ0v) is 47.6. The summed E-state index contributed by atoms with van der Waals surface area (Å²) in [4.78, 5) is 61.6. The molecule has 15 atom stereocenters. The predicted octanol–water partition coefficient (Wildman–Crippen LogP) is 5.85. The van der Waals surface area contributed by atoms with Crippen LogP contribution in [0.3, 0.4) is 0 Å². The van der Waals surface area contributed by atoms with Crippen molar-refractivity contribution in [2.45, 2.75) is 132 Å². The van der Waals surface area contributed by atoms with Crippen molar-refractivity contribution in [2.75, 3.05) is 24.4 Å². The standard InChI is InChI=1S/C49H60Cl2F2N10O16P2/c1-24(2)72-42(68)25(3)60-80(70,78-30-14-10-8-11-15-30)76-28(6)35-37(65)49(51,23-53)45(75-35)63-21-19-33-39(63)57-47(59-41(33)67)55-29(7)73-43(69)26(4)61-81(71,79-31-16-12-9-13-17-31)77-27(5)34-36(64)48(50,22-52)44(74-34)62-20-18-32-38(62)56-46(54)58-40(32)66/h8-21,24-29,34-37,44-45,64-65H,22-23H2,1-7H3,(H,60,70)(H,61,71)(H3,54,56,58,66)(H2,55,57,59,67)/t25-,26-,27+,28+,29?,34+,35+,36?,37?,44+,45+,48+,49+,80?,81-/m0/s1. The molecule has 0 spiro atoms. The minimum absolute atomic E-state index is 0.0118. The number of halogens is 4. The molecule has 2 fully saturated rings. The van der Waals surface area contributed by atoms with Gasteiger partial charge in [-0.05, 0) is 84.9 Å². The third-order valence-electron chi connectivity index (χ3n) is 13.0. The summed E-state index contributed by atoms with van der Waals surface area (Å²) in [6.07, 6.45) is -11.9. The first kappa shape index (κ1) is 61.1. The number of anilines is 2. The number of carbonyl (C=O) groups is 2. The summed E-state index contributed by atoms with van der Waals surface area (Å²) in [6, 6.07) is 15.5. The molecule has 81 heavy (non-hydrogen) atoms. The number of nitrogens with one attached hydrogen (secondary N) is 5. The van der Waals surface area contributed by atoms with E-state index in [1.807, 2.05) is 0 Å². The quantitative estimate of drug-likeness (QED) is 0.0152. The van der Waals surface area contributed by atoms with Crippen molar-refractivity contribution in [1.82, 2.24) is 39.2 Å². The fourth-order valence-electron chi connectivity index (χ4n) is 9.05. The number of para-hydroxylation sites is 2. The molecular formula is C49H60Cl2F2N10O16P2. The van der Waals surface area contributed by atoms with Gasteiger partial charge in [-0.15, -0.1) is 23.2 Å². The number of aromatic amines is 2. The van der Waals surface area contributed by atoms with Crippen LogP contribution < -0.4 is 41.4 Å². The highest BCUT2D eigenvalue weighted by molar-refractivity contribution is 7.52. The van der Waals surface area contributed by atoms with E-state index in [1.165, 1.54) is 92.5 Å². The molecule has 440 valence electrons. The highest BCUT2D eigenvalue weighted by atomic mass is 35.5. The number of hydrogen-bond acceptors (Lipinski definition) is 20. The van der Waals surface area contributed by atoms with Crippen LogP contribution in [0.25, 0.3) is 22.1 Å². The van der Waals surface area contributed by atoms with Gasteiger partial charge in [0, 0.05) is 12.4 Å². The van der Waals surface area contributed by atoms with Crippen LogP contribution in [0.2, 0.25) is 0 Å². The smallest absolute Gasteiger partial charge is 0.459 e. The number of nitrogen functional groups attached to an aromatic ring is 1. The molecule has 2 aliphatic rings. The maximum absolute atomic E-state index is 15.2. The number of ether oxygens (including phenoxy) is 4. The molecule has 2 aliphatic heterocycles. The van der Waals surface area contributed by atoms with Gasteiger partial charge < -0.3 is 58.4 Å². The Kier molecular flexibility index (Phi) is 18.4. The lowest BCUT2D eigenvalue weighted by atomic mass is 9.97. The van der Waals surface area contributed by atoms with Gasteiger partial charge in [0.05, 0.1) is 29.1 Å². The summed E-state index contributed by atoms with van der Waals surface area (Å²) < 4.78 is 108. The van der Waals surface area contributed by atoms with Crippen LogP contribution in [0, 0.1) is 0 Å². The Morgan fingerprint density at radius 3 is 1.56 bits per heavy atom. The van der Waals surface area contributed by atoms with Crippen LogP contribution in [0.5, 0.6) is 11.5 Å². The summed E-state index contributed by atoms with van der Waals surface area (Å²) in [6.45, 7) is 7.16. The summed E-state index contributed by atoms with van der Waals surface area (Å²) in [5.74, 6) is -2.29. The van der Waals surface area contributed by atoms with Crippen molar-refractivity contribution in [3.05, 3.63) is 106 Å². The van der Waals surface area contributed by atoms with E-state index in [4.69, 9.17) is 66.0 Å². The summed E-state index contributed by atoms with van der Waals surface area (Å²) in [7, 11) is -9.31. The summed E-state index contributed by atoms with van der Waals surface area (Å²) in [5, 5.41) is 31.0. The number of hydrogen-bond donors (Lipinski definition) is 8. The Balaban J connectivity index is 0.969. The number of nitrogens with zero attached hydrogens (tertiary/aromatic N) is 4. The third-order valence-corrected chi connectivity index (χ3v) is 17.5. The number of alkyl halides is 4. The van der Waals surface area contributed by atoms with Crippen molar-refractivity contribution in [1.29, 1.82) is 0 Å².